The molecule has 1 fully saturated rings. The summed E-state index contributed by atoms with van der Waals surface area (Å²) in [6.07, 6.45) is 0.614. The number of para-hydroxylation sites is 1. The summed E-state index contributed by atoms with van der Waals surface area (Å²) in [7, 11) is -3.59. The second-order valence-corrected chi connectivity index (χ2v) is 11.1. The molecular weight excluding hydrogens is 436 g/mol. The lowest BCUT2D eigenvalue weighted by atomic mass is 9.95. The van der Waals surface area contributed by atoms with Gasteiger partial charge in [0, 0.05) is 12.1 Å². The number of nitrogens with zero attached hydrogens (tertiary/aromatic N) is 4. The second kappa shape index (κ2) is 8.20. The zero-order chi connectivity index (χ0) is 23.3. The van der Waals surface area contributed by atoms with Crippen LogP contribution in [0.1, 0.15) is 48.1 Å². The summed E-state index contributed by atoms with van der Waals surface area (Å²) in [4.78, 5) is 16.0. The van der Waals surface area contributed by atoms with Crippen molar-refractivity contribution in [2.75, 3.05) is 13.1 Å². The smallest absolute Gasteiger partial charge is 0.273 e. The Morgan fingerprint density at radius 1 is 1.06 bits per heavy atom. The first-order valence-electron chi connectivity index (χ1n) is 11.3. The third-order valence-electron chi connectivity index (χ3n) is 6.67. The van der Waals surface area contributed by atoms with Gasteiger partial charge in [0.15, 0.2) is 15.3 Å². The number of aromatic nitrogens is 2. The van der Waals surface area contributed by atoms with Gasteiger partial charge in [-0.2, -0.15) is 5.10 Å². The quantitative estimate of drug-likeness (QED) is 0.534. The molecule has 1 aromatic heterocycles. The lowest BCUT2D eigenvalue weighted by molar-refractivity contribution is 0.0572. The van der Waals surface area contributed by atoms with Crippen LogP contribution >= 0.6 is 0 Å². The minimum absolute atomic E-state index is 0.0721. The number of benzene rings is 2. The van der Waals surface area contributed by atoms with E-state index in [1.165, 1.54) is 4.31 Å². The lowest BCUT2D eigenvalue weighted by Crippen LogP contribution is -2.44. The molecule has 0 spiro atoms. The first kappa shape index (κ1) is 22.0. The number of carbonyl (C=O) groups is 1. The molecule has 3 heterocycles. The number of hydrogen-bond donors (Lipinski definition) is 0. The van der Waals surface area contributed by atoms with E-state index in [0.29, 0.717) is 25.2 Å². The van der Waals surface area contributed by atoms with Crippen molar-refractivity contribution in [3.63, 3.8) is 0 Å². The van der Waals surface area contributed by atoms with Crippen molar-refractivity contribution in [1.29, 1.82) is 0 Å². The monoisotopic (exact) mass is 464 g/mol. The van der Waals surface area contributed by atoms with Gasteiger partial charge in [-0.15, -0.1) is 4.31 Å². The van der Waals surface area contributed by atoms with Gasteiger partial charge in [0.1, 0.15) is 5.69 Å². The number of rotatable bonds is 5. The lowest BCUT2D eigenvalue weighted by Gasteiger charge is -2.34. The summed E-state index contributed by atoms with van der Waals surface area (Å²) in [5.41, 5.74) is 3.25. The maximum absolute atomic E-state index is 13.8. The molecule has 1 saturated heterocycles. The molecule has 3 aromatic rings. The van der Waals surface area contributed by atoms with Gasteiger partial charge < -0.3 is 9.45 Å². The molecule has 0 aliphatic carbocycles. The van der Waals surface area contributed by atoms with Crippen molar-refractivity contribution >= 4 is 16.3 Å². The molecule has 1 amide bonds. The van der Waals surface area contributed by atoms with Crippen LogP contribution in [-0.2, 0) is 14.6 Å². The molecule has 8 heteroatoms. The van der Waals surface area contributed by atoms with Crippen molar-refractivity contribution < 1.29 is 13.6 Å². The zero-order valence-electron chi connectivity index (χ0n) is 19.0. The average Bonchev–Trinajstić information content (AvgIpc) is 3.50. The normalized spacial score (nSPS) is 22.7. The molecule has 0 saturated carbocycles. The Morgan fingerprint density at radius 3 is 2.33 bits per heavy atom. The molecule has 172 valence electrons. The highest BCUT2D eigenvalue weighted by Gasteiger charge is 2.49. The number of sulfonamides is 1. The zero-order valence-corrected chi connectivity index (χ0v) is 19.9. The molecule has 5 rings (SSSR count). The fourth-order valence-electron chi connectivity index (χ4n) is 5.19. The summed E-state index contributed by atoms with van der Waals surface area (Å²) in [5, 5.41) is 4.70. The highest BCUT2D eigenvalue weighted by Crippen LogP contribution is 2.44. The van der Waals surface area contributed by atoms with E-state index in [1.54, 1.807) is 35.0 Å². The van der Waals surface area contributed by atoms with E-state index in [0.717, 1.165) is 16.9 Å². The summed E-state index contributed by atoms with van der Waals surface area (Å²) >= 11 is 0. The predicted octanol–water partition coefficient (Wildman–Crippen LogP) is 4.01. The third-order valence-corrected chi connectivity index (χ3v) is 8.55. The van der Waals surface area contributed by atoms with Crippen LogP contribution in [0.2, 0.25) is 0 Å². The van der Waals surface area contributed by atoms with E-state index in [2.05, 4.69) is 13.8 Å². The van der Waals surface area contributed by atoms with Crippen molar-refractivity contribution in [2.24, 2.45) is 5.92 Å². The molecule has 0 radical (unpaired) electrons. The van der Waals surface area contributed by atoms with Crippen LogP contribution in [0.3, 0.4) is 0 Å². The molecule has 7 nitrogen and oxygen atoms in total. The van der Waals surface area contributed by atoms with Crippen molar-refractivity contribution in [2.45, 2.75) is 44.2 Å². The third kappa shape index (κ3) is 3.53. The van der Waals surface area contributed by atoms with Crippen LogP contribution < -0.4 is 0 Å². The Labute approximate surface area is 195 Å². The first-order chi connectivity index (χ1) is 15.8. The average molecular weight is 465 g/mol. The number of aryl methyl sites for hydroxylation is 1. The standard InChI is InChI=1S/C25H28N4O3S/c1-17(2)23-22-18(3)26-29(19-10-6-4-7-11-19)24(22)25(30)28(23)20-14-15-27(16-20)33(31,32)21-12-8-5-9-13-21/h4-13,17,20,23H,14-16H2,1-3H3. The Hall–Kier alpha value is -2.81. The van der Waals surface area contributed by atoms with Crippen molar-refractivity contribution in [1.82, 2.24) is 19.0 Å². The largest absolute Gasteiger partial charge is 0.593 e. The molecule has 3 unspecified atom stereocenters. The number of fused-ring (bicyclic) bond motifs is 1. The van der Waals surface area contributed by atoms with Gasteiger partial charge in [-0.3, -0.25) is 4.79 Å². The number of amides is 1. The molecule has 2 aliphatic heterocycles. The molecule has 33 heavy (non-hydrogen) atoms. The Balaban J connectivity index is 1.49. The van der Waals surface area contributed by atoms with Gasteiger partial charge in [-0.1, -0.05) is 54.5 Å². The van der Waals surface area contributed by atoms with Crippen molar-refractivity contribution in [3.8, 4) is 5.69 Å². The molecular formula is C25H28N4O3S. The molecule has 2 aliphatic rings. The van der Waals surface area contributed by atoms with E-state index < -0.39 is 10.4 Å². The minimum Gasteiger partial charge on any atom is -0.593 e. The topological polar surface area (TPSA) is 81.5 Å². The number of hydrogen-bond acceptors (Lipinski definition) is 4. The van der Waals surface area contributed by atoms with E-state index in [-0.39, 0.29) is 28.8 Å². The van der Waals surface area contributed by atoms with Gasteiger partial charge in [0.2, 0.25) is 0 Å². The van der Waals surface area contributed by atoms with Crippen LogP contribution in [-0.4, -0.2) is 48.6 Å². The first-order valence-corrected chi connectivity index (χ1v) is 12.8. The molecule has 0 N–H and O–H groups in total. The van der Waals surface area contributed by atoms with Crippen LogP contribution in [0, 0.1) is 12.8 Å². The SMILES string of the molecule is Cc1nn(-c2ccccc2)c2c1C(C(C)C)N(C1CCN([S+](=O)([O-])c3ccccc3)C1)C2=O. The van der Waals surface area contributed by atoms with Gasteiger partial charge in [0.25, 0.3) is 5.91 Å². The highest BCUT2D eigenvalue weighted by molar-refractivity contribution is 7.95. The fraction of sp³-hybridized carbons (Fsp3) is 0.360. The Kier molecular flexibility index (Phi) is 5.47. The molecule has 2 aromatic carbocycles. The van der Waals surface area contributed by atoms with Crippen LogP contribution in [0.5, 0.6) is 0 Å². The van der Waals surface area contributed by atoms with E-state index in [4.69, 9.17) is 5.10 Å². The maximum atomic E-state index is 13.8. The van der Waals surface area contributed by atoms with Gasteiger partial charge in [-0.25, -0.2) is 4.68 Å². The molecule has 0 bridgehead atoms. The second-order valence-electron chi connectivity index (χ2n) is 9.11. The number of carbonyl (C=O) groups excluding carboxylic acids is 1. The summed E-state index contributed by atoms with van der Waals surface area (Å²) in [6, 6.07) is 17.9. The van der Waals surface area contributed by atoms with Crippen LogP contribution in [0.25, 0.3) is 5.69 Å². The summed E-state index contributed by atoms with van der Waals surface area (Å²) < 4.78 is 29.6. The fourth-order valence-corrected chi connectivity index (χ4v) is 6.70. The molecule has 3 atom stereocenters. The predicted molar refractivity (Wildman–Crippen MR) is 126 cm³/mol. The van der Waals surface area contributed by atoms with E-state index in [1.807, 2.05) is 42.2 Å². The summed E-state index contributed by atoms with van der Waals surface area (Å²) in [6.45, 7) is 6.86. The minimum atomic E-state index is -3.59. The van der Waals surface area contributed by atoms with Crippen LogP contribution in [0.4, 0.5) is 0 Å². The van der Waals surface area contributed by atoms with Crippen LogP contribution in [0.15, 0.2) is 65.6 Å². The van der Waals surface area contributed by atoms with Crippen molar-refractivity contribution in [3.05, 3.63) is 77.6 Å². The highest BCUT2D eigenvalue weighted by atomic mass is 32.3. The van der Waals surface area contributed by atoms with Gasteiger partial charge >= 0.3 is 0 Å². The Bertz CT molecular complexity index is 1230. The van der Waals surface area contributed by atoms with Gasteiger partial charge in [-0.05, 0) is 43.5 Å². The van der Waals surface area contributed by atoms with Gasteiger partial charge in [0.05, 0.1) is 30.0 Å². The van der Waals surface area contributed by atoms with E-state index in [9.17, 15) is 13.6 Å². The summed E-state index contributed by atoms with van der Waals surface area (Å²) in [5.74, 6) is 0.0965. The maximum Gasteiger partial charge on any atom is 0.273 e. The Morgan fingerprint density at radius 2 is 1.70 bits per heavy atom. The van der Waals surface area contributed by atoms with E-state index >= 15 is 0 Å².